The van der Waals surface area contributed by atoms with Gasteiger partial charge >= 0.3 is 6.18 Å². The number of carbonyl (C=O) groups is 1. The molecule has 0 saturated carbocycles. The van der Waals surface area contributed by atoms with Crippen molar-refractivity contribution in [1.29, 1.82) is 0 Å². The van der Waals surface area contributed by atoms with Gasteiger partial charge in [0, 0.05) is 18.5 Å². The van der Waals surface area contributed by atoms with E-state index < -0.39 is 30.7 Å². The van der Waals surface area contributed by atoms with Crippen LogP contribution in [0.2, 0.25) is 0 Å². The van der Waals surface area contributed by atoms with Gasteiger partial charge in [0.25, 0.3) is 5.91 Å². The van der Waals surface area contributed by atoms with Crippen molar-refractivity contribution in [1.82, 2.24) is 4.90 Å². The van der Waals surface area contributed by atoms with Gasteiger partial charge in [-0.3, -0.25) is 4.79 Å². The molecule has 0 unspecified atom stereocenters. The fraction of sp³-hybridized carbons (Fsp3) is 0.562. The monoisotopic (exact) mass is 313 g/mol. The third-order valence-corrected chi connectivity index (χ3v) is 4.66. The van der Waals surface area contributed by atoms with Crippen LogP contribution in [0.1, 0.15) is 40.7 Å². The molecule has 1 N–H and O–H groups in total. The van der Waals surface area contributed by atoms with E-state index in [-0.39, 0.29) is 6.54 Å². The van der Waals surface area contributed by atoms with E-state index in [2.05, 4.69) is 0 Å². The number of likely N-dealkylation sites (tertiary alicyclic amines) is 1. The van der Waals surface area contributed by atoms with Gasteiger partial charge < -0.3 is 10.0 Å². The van der Waals surface area contributed by atoms with Gasteiger partial charge in [-0.2, -0.15) is 13.2 Å². The molecule has 1 aromatic carbocycles. The summed E-state index contributed by atoms with van der Waals surface area (Å²) in [7, 11) is 0. The molecule has 3 rings (SSSR count). The Kier molecular flexibility index (Phi) is 3.67. The van der Waals surface area contributed by atoms with E-state index in [1.54, 1.807) is 12.1 Å². The number of aliphatic hydroxyl groups is 1. The Hall–Kier alpha value is -1.56. The van der Waals surface area contributed by atoms with Crippen molar-refractivity contribution in [3.63, 3.8) is 0 Å². The predicted octanol–water partition coefficient (Wildman–Crippen LogP) is 2.70. The van der Waals surface area contributed by atoms with Crippen molar-refractivity contribution in [3.05, 3.63) is 34.9 Å². The highest BCUT2D eigenvalue weighted by atomic mass is 19.4. The van der Waals surface area contributed by atoms with Crippen molar-refractivity contribution in [3.8, 4) is 0 Å². The number of fused-ring (bicyclic) bond motifs is 1. The predicted molar refractivity (Wildman–Crippen MR) is 74.6 cm³/mol. The van der Waals surface area contributed by atoms with Crippen LogP contribution in [0.3, 0.4) is 0 Å². The number of amides is 1. The maximum absolute atomic E-state index is 12.8. The number of benzene rings is 1. The number of hydrogen-bond acceptors (Lipinski definition) is 2. The summed E-state index contributed by atoms with van der Waals surface area (Å²) >= 11 is 0. The normalized spacial score (nSPS) is 25.2. The molecule has 1 atom stereocenters. The lowest BCUT2D eigenvalue weighted by atomic mass is 9.90. The van der Waals surface area contributed by atoms with Gasteiger partial charge in [-0.15, -0.1) is 0 Å². The lowest BCUT2D eigenvalue weighted by molar-refractivity contribution is -0.253. The number of nitrogens with zero attached hydrogens (tertiary/aromatic N) is 1. The Bertz CT molecular complexity index is 600. The summed E-state index contributed by atoms with van der Waals surface area (Å²) in [5.41, 5.74) is -0.0397. The van der Waals surface area contributed by atoms with Crippen LogP contribution in [0, 0.1) is 0 Å². The molecule has 120 valence electrons. The van der Waals surface area contributed by atoms with Crippen LogP contribution in [0.25, 0.3) is 0 Å². The number of aryl methyl sites for hydroxylation is 2. The van der Waals surface area contributed by atoms with Crippen LogP contribution in [-0.2, 0) is 12.8 Å². The molecule has 1 aromatic rings. The molecule has 3 nitrogen and oxygen atoms in total. The molecule has 1 amide bonds. The van der Waals surface area contributed by atoms with Crippen molar-refractivity contribution in [2.75, 3.05) is 13.1 Å². The van der Waals surface area contributed by atoms with Crippen molar-refractivity contribution < 1.29 is 23.1 Å². The SMILES string of the molecule is O=C(c1ccc2c(c1)CCCC2)N1CC[C@](O)(C(F)(F)F)C1. The first kappa shape index (κ1) is 15.3. The zero-order valence-corrected chi connectivity index (χ0v) is 12.1. The third kappa shape index (κ3) is 2.60. The molecule has 0 bridgehead atoms. The highest BCUT2D eigenvalue weighted by molar-refractivity contribution is 5.94. The smallest absolute Gasteiger partial charge is 0.379 e. The number of hydrogen-bond donors (Lipinski definition) is 1. The van der Waals surface area contributed by atoms with E-state index in [1.165, 1.54) is 5.56 Å². The van der Waals surface area contributed by atoms with Gasteiger partial charge in [0.15, 0.2) is 5.60 Å². The second kappa shape index (κ2) is 5.26. The zero-order valence-electron chi connectivity index (χ0n) is 12.1. The number of carbonyl (C=O) groups excluding carboxylic acids is 1. The molecular formula is C16H18F3NO2. The van der Waals surface area contributed by atoms with Crippen LogP contribution in [0.4, 0.5) is 13.2 Å². The Morgan fingerprint density at radius 1 is 1.18 bits per heavy atom. The summed E-state index contributed by atoms with van der Waals surface area (Å²) < 4.78 is 38.5. The van der Waals surface area contributed by atoms with E-state index >= 15 is 0 Å². The van der Waals surface area contributed by atoms with Gasteiger partial charge in [0.1, 0.15) is 0 Å². The average Bonchev–Trinajstić information content (AvgIpc) is 2.89. The van der Waals surface area contributed by atoms with Crippen molar-refractivity contribution in [2.24, 2.45) is 0 Å². The lowest BCUT2D eigenvalue weighted by Gasteiger charge is -2.26. The number of halogens is 3. The van der Waals surface area contributed by atoms with E-state index in [1.807, 2.05) is 6.07 Å². The standard InChI is InChI=1S/C16H18F3NO2/c17-16(18,19)15(22)7-8-20(10-15)14(21)13-6-5-11-3-1-2-4-12(11)9-13/h5-6,9,22H,1-4,7-8,10H2/t15-/m1/s1. The summed E-state index contributed by atoms with van der Waals surface area (Å²) in [5.74, 6) is -0.437. The molecule has 1 aliphatic carbocycles. The first-order valence-electron chi connectivity index (χ1n) is 7.50. The summed E-state index contributed by atoms with van der Waals surface area (Å²) in [5, 5.41) is 9.67. The second-order valence-electron chi connectivity index (χ2n) is 6.20. The lowest BCUT2D eigenvalue weighted by Crippen LogP contribution is -2.48. The van der Waals surface area contributed by atoms with Crippen molar-refractivity contribution in [2.45, 2.75) is 43.9 Å². The van der Waals surface area contributed by atoms with Crippen LogP contribution in [0.5, 0.6) is 0 Å². The molecule has 1 aliphatic heterocycles. The fourth-order valence-corrected chi connectivity index (χ4v) is 3.25. The first-order valence-corrected chi connectivity index (χ1v) is 7.50. The Morgan fingerprint density at radius 3 is 2.50 bits per heavy atom. The minimum atomic E-state index is -4.71. The minimum Gasteiger partial charge on any atom is -0.379 e. The summed E-state index contributed by atoms with van der Waals surface area (Å²) in [6.07, 6.45) is -1.08. The van der Waals surface area contributed by atoms with Crippen molar-refractivity contribution >= 4 is 5.91 Å². The molecule has 1 heterocycles. The van der Waals surface area contributed by atoms with E-state index in [0.717, 1.165) is 36.1 Å². The summed E-state index contributed by atoms with van der Waals surface area (Å²) in [4.78, 5) is 13.5. The van der Waals surface area contributed by atoms with Gasteiger partial charge in [0.05, 0.1) is 6.54 Å². The van der Waals surface area contributed by atoms with E-state index in [0.29, 0.717) is 5.56 Å². The third-order valence-electron chi connectivity index (χ3n) is 4.66. The molecule has 0 aromatic heterocycles. The van der Waals surface area contributed by atoms with Crippen LogP contribution < -0.4 is 0 Å². The largest absolute Gasteiger partial charge is 0.419 e. The maximum atomic E-state index is 12.8. The van der Waals surface area contributed by atoms with Crippen LogP contribution in [0.15, 0.2) is 18.2 Å². The summed E-state index contributed by atoms with van der Waals surface area (Å²) in [6.45, 7) is -0.766. The zero-order chi connectivity index (χ0) is 16.0. The number of rotatable bonds is 1. The summed E-state index contributed by atoms with van der Waals surface area (Å²) in [6, 6.07) is 5.37. The molecule has 2 aliphatic rings. The fourth-order valence-electron chi connectivity index (χ4n) is 3.25. The molecule has 22 heavy (non-hydrogen) atoms. The highest BCUT2D eigenvalue weighted by Crippen LogP contribution is 2.38. The van der Waals surface area contributed by atoms with Gasteiger partial charge in [-0.25, -0.2) is 0 Å². The Morgan fingerprint density at radius 2 is 1.86 bits per heavy atom. The van der Waals surface area contributed by atoms with Crippen LogP contribution in [-0.4, -0.2) is 40.8 Å². The quantitative estimate of drug-likeness (QED) is 0.866. The Balaban J connectivity index is 1.78. The van der Waals surface area contributed by atoms with E-state index in [4.69, 9.17) is 0 Å². The van der Waals surface area contributed by atoms with Crippen LogP contribution >= 0.6 is 0 Å². The molecule has 0 radical (unpaired) electrons. The Labute approximate surface area is 126 Å². The maximum Gasteiger partial charge on any atom is 0.419 e. The second-order valence-corrected chi connectivity index (χ2v) is 6.20. The molecule has 0 spiro atoms. The topological polar surface area (TPSA) is 40.5 Å². The molecular weight excluding hydrogens is 295 g/mol. The molecule has 1 fully saturated rings. The number of β-amino-alcohol motifs (C(OH)–C–C–N with tert-alkyl or cyclic N) is 1. The van der Waals surface area contributed by atoms with Gasteiger partial charge in [-0.1, -0.05) is 6.07 Å². The number of alkyl halides is 3. The van der Waals surface area contributed by atoms with Gasteiger partial charge in [-0.05, 0) is 48.9 Å². The first-order chi connectivity index (χ1) is 10.3. The average molecular weight is 313 g/mol. The molecule has 6 heteroatoms. The molecule has 1 saturated heterocycles. The highest BCUT2D eigenvalue weighted by Gasteiger charge is 2.57. The minimum absolute atomic E-state index is 0.0775. The van der Waals surface area contributed by atoms with E-state index in [9.17, 15) is 23.1 Å². The van der Waals surface area contributed by atoms with Gasteiger partial charge in [0.2, 0.25) is 0 Å².